The van der Waals surface area contributed by atoms with Gasteiger partial charge in [-0.1, -0.05) is 18.2 Å². The highest BCUT2D eigenvalue weighted by Gasteiger charge is 2.49. The molecule has 3 atom stereocenters. The SMILES string of the molecule is C=CC(=O)N1C[C@H]2C[C@@H](C1)[C@H]2Oc1cc2c(Nc3ccc(F)c(Cl)c3)ncnc2cc1OC. The van der Waals surface area contributed by atoms with Crippen molar-refractivity contribution in [2.75, 3.05) is 25.5 Å². The lowest BCUT2D eigenvalue weighted by molar-refractivity contribution is -0.142. The number of nitrogens with zero attached hydrogens (tertiary/aromatic N) is 3. The maximum absolute atomic E-state index is 13.5. The lowest BCUT2D eigenvalue weighted by Crippen LogP contribution is -2.61. The van der Waals surface area contributed by atoms with E-state index in [0.717, 1.165) is 11.8 Å². The fourth-order valence-corrected chi connectivity index (χ4v) is 4.80. The zero-order chi connectivity index (χ0) is 23.1. The van der Waals surface area contributed by atoms with Crippen molar-refractivity contribution >= 4 is 39.9 Å². The predicted molar refractivity (Wildman–Crippen MR) is 124 cm³/mol. The number of rotatable bonds is 6. The topological polar surface area (TPSA) is 76.6 Å². The Kier molecular flexibility index (Phi) is 5.54. The van der Waals surface area contributed by atoms with Gasteiger partial charge in [0.25, 0.3) is 0 Å². The van der Waals surface area contributed by atoms with Crippen molar-refractivity contribution in [2.45, 2.75) is 12.5 Å². The highest BCUT2D eigenvalue weighted by molar-refractivity contribution is 6.31. The van der Waals surface area contributed by atoms with Crippen LogP contribution in [0.1, 0.15) is 6.42 Å². The van der Waals surface area contributed by atoms with Crippen LogP contribution in [0.4, 0.5) is 15.9 Å². The van der Waals surface area contributed by atoms with Crippen LogP contribution in [0.25, 0.3) is 10.9 Å². The van der Waals surface area contributed by atoms with Crippen molar-refractivity contribution < 1.29 is 18.7 Å². The number of nitrogens with one attached hydrogen (secondary N) is 1. The highest BCUT2D eigenvalue weighted by atomic mass is 35.5. The second-order valence-corrected chi connectivity index (χ2v) is 8.69. The number of amides is 1. The van der Waals surface area contributed by atoms with Gasteiger partial charge in [-0.05, 0) is 36.8 Å². The van der Waals surface area contributed by atoms with Gasteiger partial charge in [0.2, 0.25) is 5.91 Å². The summed E-state index contributed by atoms with van der Waals surface area (Å²) in [5, 5.41) is 3.92. The van der Waals surface area contributed by atoms with Gasteiger partial charge in [0, 0.05) is 42.1 Å². The first-order valence-electron chi connectivity index (χ1n) is 10.6. The van der Waals surface area contributed by atoms with Crippen molar-refractivity contribution in [3.05, 3.63) is 60.2 Å². The first-order valence-corrected chi connectivity index (χ1v) is 11.0. The van der Waals surface area contributed by atoms with Crippen LogP contribution in [0.2, 0.25) is 5.02 Å². The number of hydrogen-bond acceptors (Lipinski definition) is 6. The zero-order valence-corrected chi connectivity index (χ0v) is 18.7. The Morgan fingerprint density at radius 3 is 2.73 bits per heavy atom. The molecule has 0 radical (unpaired) electrons. The summed E-state index contributed by atoms with van der Waals surface area (Å²) >= 11 is 5.91. The van der Waals surface area contributed by atoms with E-state index in [4.69, 9.17) is 21.1 Å². The molecule has 2 bridgehead atoms. The highest BCUT2D eigenvalue weighted by Crippen LogP contribution is 2.45. The van der Waals surface area contributed by atoms with Crippen LogP contribution >= 0.6 is 11.6 Å². The normalized spacial score (nSPS) is 21.3. The van der Waals surface area contributed by atoms with E-state index >= 15 is 0 Å². The zero-order valence-electron chi connectivity index (χ0n) is 17.9. The molecule has 6 rings (SSSR count). The quantitative estimate of drug-likeness (QED) is 0.533. The maximum Gasteiger partial charge on any atom is 0.245 e. The summed E-state index contributed by atoms with van der Waals surface area (Å²) in [6.07, 6.45) is 3.83. The molecule has 1 amide bonds. The van der Waals surface area contributed by atoms with Crippen molar-refractivity contribution in [3.8, 4) is 11.5 Å². The van der Waals surface area contributed by atoms with Gasteiger partial charge >= 0.3 is 0 Å². The number of piperidine rings is 2. The van der Waals surface area contributed by atoms with E-state index in [1.54, 1.807) is 19.2 Å². The lowest BCUT2D eigenvalue weighted by atomic mass is 9.68. The minimum absolute atomic E-state index is 0.00200. The summed E-state index contributed by atoms with van der Waals surface area (Å²) in [5.74, 6) is 1.68. The van der Waals surface area contributed by atoms with Crippen molar-refractivity contribution in [3.63, 3.8) is 0 Å². The Bertz CT molecular complexity index is 1240. The second-order valence-electron chi connectivity index (χ2n) is 8.28. The molecule has 1 aliphatic carbocycles. The third kappa shape index (κ3) is 3.95. The molecule has 9 heteroatoms. The maximum atomic E-state index is 13.5. The van der Waals surface area contributed by atoms with E-state index in [2.05, 4.69) is 21.9 Å². The number of aromatic nitrogens is 2. The molecule has 0 spiro atoms. The monoisotopic (exact) mass is 468 g/mol. The van der Waals surface area contributed by atoms with E-state index in [1.165, 1.54) is 24.5 Å². The molecule has 170 valence electrons. The number of methoxy groups -OCH3 is 1. The average Bonchev–Trinajstić information content (AvgIpc) is 2.84. The molecule has 3 aliphatic rings. The number of halogens is 2. The Morgan fingerprint density at radius 2 is 2.03 bits per heavy atom. The van der Waals surface area contributed by atoms with Crippen LogP contribution in [-0.2, 0) is 4.79 Å². The number of carbonyl (C=O) groups is 1. The third-order valence-corrected chi connectivity index (χ3v) is 6.59. The van der Waals surface area contributed by atoms with Gasteiger partial charge in [-0.3, -0.25) is 4.79 Å². The Balaban J connectivity index is 1.43. The van der Waals surface area contributed by atoms with Crippen LogP contribution in [-0.4, -0.2) is 47.1 Å². The molecule has 3 fully saturated rings. The first-order chi connectivity index (χ1) is 16.0. The summed E-state index contributed by atoms with van der Waals surface area (Å²) in [5.41, 5.74) is 1.27. The fourth-order valence-electron chi connectivity index (χ4n) is 4.62. The second kappa shape index (κ2) is 8.51. The van der Waals surface area contributed by atoms with Crippen LogP contribution in [0, 0.1) is 17.7 Å². The Morgan fingerprint density at radius 1 is 1.24 bits per heavy atom. The number of ether oxygens (including phenoxy) is 2. The number of hydrogen-bond donors (Lipinski definition) is 1. The summed E-state index contributed by atoms with van der Waals surface area (Å²) in [7, 11) is 1.58. The van der Waals surface area contributed by atoms with Crippen LogP contribution < -0.4 is 14.8 Å². The van der Waals surface area contributed by atoms with Crippen LogP contribution in [0.3, 0.4) is 0 Å². The fraction of sp³-hybridized carbons (Fsp3) is 0.292. The molecular weight excluding hydrogens is 447 g/mol. The first kappa shape index (κ1) is 21.5. The predicted octanol–water partition coefficient (Wildman–Crippen LogP) is 4.59. The molecule has 1 aromatic heterocycles. The minimum atomic E-state index is -0.491. The van der Waals surface area contributed by atoms with Gasteiger partial charge < -0.3 is 19.7 Å². The molecule has 33 heavy (non-hydrogen) atoms. The lowest BCUT2D eigenvalue weighted by Gasteiger charge is -2.52. The molecule has 3 heterocycles. The average molecular weight is 469 g/mol. The molecular formula is C24H22ClFN4O3. The largest absolute Gasteiger partial charge is 0.493 e. The summed E-state index contributed by atoms with van der Waals surface area (Å²) in [6, 6.07) is 8.03. The van der Waals surface area contributed by atoms with Crippen molar-refractivity contribution in [1.29, 1.82) is 0 Å². The van der Waals surface area contributed by atoms with Crippen molar-refractivity contribution in [1.82, 2.24) is 14.9 Å². The molecule has 2 aromatic carbocycles. The van der Waals surface area contributed by atoms with Gasteiger partial charge in [-0.2, -0.15) is 0 Å². The van der Waals surface area contributed by atoms with E-state index < -0.39 is 5.82 Å². The standard InChI is InChI=1S/C24H22ClFN4O3/c1-3-22(31)30-10-13-6-14(11-30)23(13)33-21-8-16-19(9-20(21)32-2)27-12-28-24(16)29-15-4-5-18(26)17(25)7-15/h3-5,7-9,12-14,23H,1,6,10-11H2,2H3,(H,27,28,29)/t13-,14+,23+. The van der Waals surface area contributed by atoms with Gasteiger partial charge in [0.15, 0.2) is 11.5 Å². The van der Waals surface area contributed by atoms with E-state index in [1.807, 2.05) is 11.0 Å². The molecule has 7 nitrogen and oxygen atoms in total. The Hall–Kier alpha value is -3.39. The molecule has 2 saturated heterocycles. The van der Waals surface area contributed by atoms with Gasteiger partial charge in [0.1, 0.15) is 24.1 Å². The van der Waals surface area contributed by atoms with E-state index in [9.17, 15) is 9.18 Å². The Labute approximate surface area is 195 Å². The number of anilines is 2. The summed E-state index contributed by atoms with van der Waals surface area (Å²) in [4.78, 5) is 22.5. The number of benzene rings is 2. The smallest absolute Gasteiger partial charge is 0.245 e. The van der Waals surface area contributed by atoms with Gasteiger partial charge in [-0.25, -0.2) is 14.4 Å². The van der Waals surface area contributed by atoms with Gasteiger partial charge in [-0.15, -0.1) is 0 Å². The summed E-state index contributed by atoms with van der Waals surface area (Å²) < 4.78 is 25.5. The van der Waals surface area contributed by atoms with Crippen LogP contribution in [0.15, 0.2) is 49.3 Å². The van der Waals surface area contributed by atoms with E-state index in [-0.39, 0.29) is 28.9 Å². The molecule has 1 N–H and O–H groups in total. The van der Waals surface area contributed by atoms with Crippen molar-refractivity contribution in [2.24, 2.45) is 11.8 Å². The van der Waals surface area contributed by atoms with Gasteiger partial charge in [0.05, 0.1) is 17.6 Å². The minimum Gasteiger partial charge on any atom is -0.493 e. The number of carbonyl (C=O) groups excluding carboxylic acids is 1. The molecule has 2 aliphatic heterocycles. The summed E-state index contributed by atoms with van der Waals surface area (Å²) in [6.45, 7) is 4.89. The molecule has 3 aromatic rings. The molecule has 0 unspecified atom stereocenters. The number of fused-ring (bicyclic) bond motifs is 3. The van der Waals surface area contributed by atoms with Crippen LogP contribution in [0.5, 0.6) is 11.5 Å². The third-order valence-electron chi connectivity index (χ3n) is 6.30. The van der Waals surface area contributed by atoms with E-state index in [0.29, 0.717) is 41.6 Å². The molecule has 1 saturated carbocycles.